The third-order valence-electron chi connectivity index (χ3n) is 8.78. The van der Waals surface area contributed by atoms with Gasteiger partial charge in [-0.05, 0) is 69.6 Å². The first-order valence-corrected chi connectivity index (χ1v) is 10.4. The molecule has 4 nitrogen and oxygen atoms in total. The van der Waals surface area contributed by atoms with E-state index >= 15 is 0 Å². The maximum Gasteiger partial charge on any atom is 0.163 e. The van der Waals surface area contributed by atoms with Crippen molar-refractivity contribution in [2.45, 2.75) is 85.0 Å². The summed E-state index contributed by atoms with van der Waals surface area (Å²) in [6, 6.07) is 0. The van der Waals surface area contributed by atoms with Crippen LogP contribution in [0.5, 0.6) is 0 Å². The maximum absolute atomic E-state index is 13.1. The van der Waals surface area contributed by atoms with Crippen molar-refractivity contribution in [3.05, 3.63) is 0 Å². The second-order valence-electron chi connectivity index (χ2n) is 10.6. The molecule has 0 radical (unpaired) electrons. The zero-order valence-corrected chi connectivity index (χ0v) is 17.0. The number of carbonyl (C=O) groups is 2. The molecular weight excluding hydrogens is 328 g/mol. The fourth-order valence-corrected chi connectivity index (χ4v) is 7.41. The number of Topliss-reactive ketones (excluding diaryl/α,β-unsaturated/α-hetero) is 1. The van der Waals surface area contributed by atoms with Gasteiger partial charge in [-0.1, -0.05) is 20.8 Å². The Bertz CT molecular complexity index is 628. The molecule has 0 aromatic carbocycles. The summed E-state index contributed by atoms with van der Waals surface area (Å²) < 4.78 is 12.5. The molecule has 3 saturated carbocycles. The van der Waals surface area contributed by atoms with Crippen molar-refractivity contribution in [2.75, 3.05) is 6.61 Å². The van der Waals surface area contributed by atoms with E-state index in [-0.39, 0.29) is 34.1 Å². The first-order valence-electron chi connectivity index (χ1n) is 10.4. The molecule has 7 atom stereocenters. The van der Waals surface area contributed by atoms with Crippen LogP contribution in [-0.2, 0) is 19.1 Å². The SMILES string of the molecule is CC1(C)OC[C@]2(C)[C@@H]3CC[C@@]4(C)C(=O)C(C=O)CC[C@@H]4[C@@]3(C)CC[C@@H]2O1. The summed E-state index contributed by atoms with van der Waals surface area (Å²) in [7, 11) is 0. The number of ketones is 1. The molecule has 4 fully saturated rings. The van der Waals surface area contributed by atoms with E-state index in [0.717, 1.165) is 51.4 Å². The van der Waals surface area contributed by atoms with Crippen molar-refractivity contribution in [3.8, 4) is 0 Å². The number of ether oxygens (including phenoxy) is 2. The van der Waals surface area contributed by atoms with Gasteiger partial charge in [0.2, 0.25) is 0 Å². The van der Waals surface area contributed by atoms with E-state index in [1.165, 1.54) is 0 Å². The molecule has 4 rings (SSSR count). The van der Waals surface area contributed by atoms with E-state index in [1.807, 2.05) is 13.8 Å². The van der Waals surface area contributed by atoms with Gasteiger partial charge in [-0.3, -0.25) is 4.79 Å². The van der Waals surface area contributed by atoms with Gasteiger partial charge in [-0.15, -0.1) is 0 Å². The van der Waals surface area contributed by atoms with Crippen LogP contribution in [0.3, 0.4) is 0 Å². The second kappa shape index (κ2) is 5.64. The third kappa shape index (κ3) is 2.33. The Morgan fingerprint density at radius 3 is 2.35 bits per heavy atom. The lowest BCUT2D eigenvalue weighted by Crippen LogP contribution is -2.66. The minimum absolute atomic E-state index is 0.00834. The maximum atomic E-state index is 13.1. The summed E-state index contributed by atoms with van der Waals surface area (Å²) in [4.78, 5) is 24.5. The highest BCUT2D eigenvalue weighted by molar-refractivity contribution is 5.98. The van der Waals surface area contributed by atoms with Crippen LogP contribution in [0.25, 0.3) is 0 Å². The lowest BCUT2D eigenvalue weighted by atomic mass is 9.39. The van der Waals surface area contributed by atoms with Gasteiger partial charge in [-0.2, -0.15) is 0 Å². The fraction of sp³-hybridized carbons (Fsp3) is 0.909. The molecular formula is C22H34O4. The highest BCUT2D eigenvalue weighted by Gasteiger charge is 2.66. The molecule has 1 heterocycles. The van der Waals surface area contributed by atoms with Gasteiger partial charge in [0, 0.05) is 10.8 Å². The van der Waals surface area contributed by atoms with E-state index in [2.05, 4.69) is 20.8 Å². The molecule has 0 N–H and O–H groups in total. The first kappa shape index (κ1) is 18.6. The van der Waals surface area contributed by atoms with Crippen LogP contribution in [0.1, 0.15) is 73.1 Å². The minimum Gasteiger partial charge on any atom is -0.350 e. The molecule has 0 aromatic heterocycles. The topological polar surface area (TPSA) is 52.6 Å². The van der Waals surface area contributed by atoms with E-state index in [0.29, 0.717) is 11.8 Å². The molecule has 0 spiro atoms. The van der Waals surface area contributed by atoms with Gasteiger partial charge >= 0.3 is 0 Å². The largest absolute Gasteiger partial charge is 0.350 e. The predicted octanol–water partition coefficient (Wildman–Crippen LogP) is 4.15. The Labute approximate surface area is 157 Å². The Morgan fingerprint density at radius 1 is 0.923 bits per heavy atom. The molecule has 1 aliphatic heterocycles. The van der Waals surface area contributed by atoms with Crippen molar-refractivity contribution in [2.24, 2.45) is 34.0 Å². The molecule has 146 valence electrons. The molecule has 1 saturated heterocycles. The van der Waals surface area contributed by atoms with E-state index in [1.54, 1.807) is 0 Å². The van der Waals surface area contributed by atoms with Gasteiger partial charge in [-0.25, -0.2) is 0 Å². The van der Waals surface area contributed by atoms with Crippen LogP contribution in [0.4, 0.5) is 0 Å². The highest BCUT2D eigenvalue weighted by Crippen LogP contribution is 2.68. The van der Waals surface area contributed by atoms with Crippen molar-refractivity contribution in [1.29, 1.82) is 0 Å². The first-order chi connectivity index (χ1) is 12.1. The second-order valence-corrected chi connectivity index (χ2v) is 10.6. The number of hydrogen-bond donors (Lipinski definition) is 0. The summed E-state index contributed by atoms with van der Waals surface area (Å²) in [5.74, 6) is 0.186. The minimum atomic E-state index is -0.501. The molecule has 0 aromatic rings. The normalized spacial score (nSPS) is 53.2. The number of aldehydes is 1. The van der Waals surface area contributed by atoms with E-state index in [9.17, 15) is 9.59 Å². The predicted molar refractivity (Wildman–Crippen MR) is 98.5 cm³/mol. The average Bonchev–Trinajstić information content (AvgIpc) is 2.57. The smallest absolute Gasteiger partial charge is 0.163 e. The van der Waals surface area contributed by atoms with Gasteiger partial charge in [0.1, 0.15) is 12.1 Å². The molecule has 1 unspecified atom stereocenters. The van der Waals surface area contributed by atoms with Gasteiger partial charge < -0.3 is 14.3 Å². The summed E-state index contributed by atoms with van der Waals surface area (Å²) >= 11 is 0. The van der Waals surface area contributed by atoms with Crippen molar-refractivity contribution < 1.29 is 19.1 Å². The van der Waals surface area contributed by atoms with Crippen LogP contribution in [0.15, 0.2) is 0 Å². The van der Waals surface area contributed by atoms with E-state index in [4.69, 9.17) is 9.47 Å². The lowest BCUT2D eigenvalue weighted by Gasteiger charge is -2.67. The summed E-state index contributed by atoms with van der Waals surface area (Å²) in [5.41, 5.74) is -0.210. The monoisotopic (exact) mass is 362 g/mol. The summed E-state index contributed by atoms with van der Waals surface area (Å²) in [5, 5.41) is 0. The van der Waals surface area contributed by atoms with Crippen molar-refractivity contribution >= 4 is 12.1 Å². The van der Waals surface area contributed by atoms with Gasteiger partial charge in [0.15, 0.2) is 5.79 Å². The van der Waals surface area contributed by atoms with Crippen molar-refractivity contribution in [3.63, 3.8) is 0 Å². The number of hydrogen-bond acceptors (Lipinski definition) is 4. The van der Waals surface area contributed by atoms with Crippen LogP contribution in [0, 0.1) is 34.0 Å². The van der Waals surface area contributed by atoms with Crippen LogP contribution >= 0.6 is 0 Å². The zero-order chi connectivity index (χ0) is 19.0. The van der Waals surface area contributed by atoms with Gasteiger partial charge in [0.05, 0.1) is 18.6 Å². The highest BCUT2D eigenvalue weighted by atomic mass is 16.7. The zero-order valence-electron chi connectivity index (χ0n) is 17.0. The van der Waals surface area contributed by atoms with Crippen LogP contribution in [-0.4, -0.2) is 30.6 Å². The lowest BCUT2D eigenvalue weighted by molar-refractivity contribution is -0.348. The molecule has 26 heavy (non-hydrogen) atoms. The Kier molecular flexibility index (Phi) is 4.03. The third-order valence-corrected chi connectivity index (χ3v) is 8.78. The summed E-state index contributed by atoms with van der Waals surface area (Å²) in [6.07, 6.45) is 6.91. The fourth-order valence-electron chi connectivity index (χ4n) is 7.41. The molecule has 4 aliphatic rings. The number of carbonyl (C=O) groups excluding carboxylic acids is 2. The van der Waals surface area contributed by atoms with Crippen LogP contribution < -0.4 is 0 Å². The van der Waals surface area contributed by atoms with E-state index < -0.39 is 5.79 Å². The quantitative estimate of drug-likeness (QED) is 0.519. The molecule has 4 heteroatoms. The molecule has 3 aliphatic carbocycles. The average molecular weight is 363 g/mol. The van der Waals surface area contributed by atoms with Gasteiger partial charge in [0.25, 0.3) is 0 Å². The van der Waals surface area contributed by atoms with Crippen LogP contribution in [0.2, 0.25) is 0 Å². The number of fused-ring (bicyclic) bond motifs is 5. The van der Waals surface area contributed by atoms with Crippen molar-refractivity contribution in [1.82, 2.24) is 0 Å². The standard InChI is InChI=1S/C22H34O4/c1-19(2)25-13-22(5)16-8-10-21(4)15(7-6-14(12-23)18(21)24)20(16,3)11-9-17(22)26-19/h12,14-17H,6-11,13H2,1-5H3/t14?,15-,16-,17+,20-,21-,22-/m1/s1. The molecule has 0 bridgehead atoms. The Morgan fingerprint density at radius 2 is 1.65 bits per heavy atom. The number of rotatable bonds is 1. The Balaban J connectivity index is 1.68. The summed E-state index contributed by atoms with van der Waals surface area (Å²) in [6.45, 7) is 11.7. The Hall–Kier alpha value is -0.740. The molecule has 0 amide bonds.